The quantitative estimate of drug-likeness (QED) is 0.255. The van der Waals surface area contributed by atoms with E-state index in [1.165, 1.54) is 0 Å². The highest BCUT2D eigenvalue weighted by Gasteiger charge is 2.20. The van der Waals surface area contributed by atoms with Crippen LogP contribution in [0, 0.1) is 0 Å². The summed E-state index contributed by atoms with van der Waals surface area (Å²) in [5, 5.41) is 17.8. The van der Waals surface area contributed by atoms with Gasteiger partial charge in [0.15, 0.2) is 5.75 Å². The van der Waals surface area contributed by atoms with Crippen LogP contribution in [0.5, 0.6) is 11.5 Å². The molecule has 0 amide bonds. The van der Waals surface area contributed by atoms with E-state index in [9.17, 15) is 5.11 Å². The number of likely N-dealkylation sites (N-methyl/N-ethyl adjacent to an activating group) is 1. The molecule has 4 aromatic rings. The molecule has 0 spiro atoms. The van der Waals surface area contributed by atoms with Crippen molar-refractivity contribution in [1.82, 2.24) is 5.32 Å². The van der Waals surface area contributed by atoms with Crippen LogP contribution in [0.2, 0.25) is 10.0 Å². The van der Waals surface area contributed by atoms with E-state index in [0.717, 1.165) is 57.0 Å². The Balaban J connectivity index is 2.13. The Bertz CT molecular complexity index is 1220. The lowest BCUT2D eigenvalue weighted by molar-refractivity contribution is 0.319. The fourth-order valence-corrected chi connectivity index (χ4v) is 4.58. The van der Waals surface area contributed by atoms with Gasteiger partial charge in [0.05, 0.1) is 10.0 Å². The second-order valence-corrected chi connectivity index (χ2v) is 7.96. The number of phenols is 1. The zero-order valence-corrected chi connectivity index (χ0v) is 18.4. The highest BCUT2D eigenvalue weighted by atomic mass is 35.5. The van der Waals surface area contributed by atoms with Gasteiger partial charge < -0.3 is 15.2 Å². The van der Waals surface area contributed by atoms with Crippen molar-refractivity contribution in [3.63, 3.8) is 0 Å². The summed E-state index contributed by atoms with van der Waals surface area (Å²) >= 11 is 13.0. The lowest BCUT2D eigenvalue weighted by Crippen LogP contribution is -2.15. The first-order valence-corrected chi connectivity index (χ1v) is 10.7. The van der Waals surface area contributed by atoms with Gasteiger partial charge in [-0.1, -0.05) is 66.5 Å². The maximum absolute atomic E-state index is 10.5. The molecule has 0 aliphatic carbocycles. The Hall–Kier alpha value is -2.46. The van der Waals surface area contributed by atoms with Gasteiger partial charge in [0.25, 0.3) is 0 Å². The summed E-state index contributed by atoms with van der Waals surface area (Å²) in [6.45, 7) is 3.43. The van der Waals surface area contributed by atoms with E-state index in [4.69, 9.17) is 27.9 Å². The minimum atomic E-state index is -0.0943. The Kier molecular flexibility index (Phi) is 6.05. The molecule has 0 radical (unpaired) electrons. The Morgan fingerprint density at radius 2 is 1.73 bits per heavy atom. The third-order valence-corrected chi connectivity index (χ3v) is 6.04. The fraction of sp³-hybridized carbons (Fsp3) is 0.200. The second-order valence-electron chi connectivity index (χ2n) is 7.18. The second kappa shape index (κ2) is 8.73. The fourth-order valence-electron chi connectivity index (χ4n) is 4.02. The molecule has 0 aromatic heterocycles. The topological polar surface area (TPSA) is 41.5 Å². The maximum Gasteiger partial charge on any atom is 0.153 e. The molecule has 3 nitrogen and oxygen atoms in total. The van der Waals surface area contributed by atoms with Crippen LogP contribution in [0.4, 0.5) is 0 Å². The van der Waals surface area contributed by atoms with Crippen LogP contribution in [-0.4, -0.2) is 25.3 Å². The first-order chi connectivity index (χ1) is 14.6. The molecule has 0 heterocycles. The highest BCUT2D eigenvalue weighted by molar-refractivity contribution is 6.43. The van der Waals surface area contributed by atoms with Gasteiger partial charge in [0.2, 0.25) is 0 Å². The Morgan fingerprint density at radius 1 is 0.967 bits per heavy atom. The number of benzene rings is 4. The average molecular weight is 440 g/mol. The first kappa shape index (κ1) is 20.8. The number of aryl methyl sites for hydroxylation is 1. The average Bonchev–Trinajstić information content (AvgIpc) is 2.77. The summed E-state index contributed by atoms with van der Waals surface area (Å²) in [6.07, 6.45) is 0.800. The molecule has 30 heavy (non-hydrogen) atoms. The minimum Gasteiger partial charge on any atom is -0.505 e. The van der Waals surface area contributed by atoms with Gasteiger partial charge in [-0.2, -0.15) is 0 Å². The number of hydrogen-bond donors (Lipinski definition) is 2. The third kappa shape index (κ3) is 3.58. The highest BCUT2D eigenvalue weighted by Crippen LogP contribution is 2.47. The standard InChI is InChI=1S/C25H23Cl2NO2/c1-3-17-20-14-21(26)25(29)24(27)23(20)19-13-16(30-12-11-28-2)9-10-18(19)22(17)15-7-5-4-6-8-15/h4-10,13-14,28-29H,3,11-12H2,1-2H3. The smallest absolute Gasteiger partial charge is 0.153 e. The first-order valence-electron chi connectivity index (χ1n) is 9.98. The molecular formula is C25H23Cl2NO2. The summed E-state index contributed by atoms with van der Waals surface area (Å²) in [6, 6.07) is 18.2. The van der Waals surface area contributed by atoms with Crippen molar-refractivity contribution in [3.05, 3.63) is 70.2 Å². The lowest BCUT2D eigenvalue weighted by atomic mass is 9.87. The van der Waals surface area contributed by atoms with Crippen LogP contribution in [0.3, 0.4) is 0 Å². The van der Waals surface area contributed by atoms with Crippen molar-refractivity contribution in [3.8, 4) is 22.6 Å². The summed E-state index contributed by atoms with van der Waals surface area (Å²) in [5.74, 6) is 0.663. The number of nitrogens with one attached hydrogen (secondary N) is 1. The number of phenolic OH excluding ortho intramolecular Hbond substituents is 1. The molecule has 0 unspecified atom stereocenters. The maximum atomic E-state index is 10.5. The molecule has 0 bridgehead atoms. The van der Waals surface area contributed by atoms with E-state index in [-0.39, 0.29) is 15.8 Å². The molecular weight excluding hydrogens is 417 g/mol. The van der Waals surface area contributed by atoms with E-state index in [0.29, 0.717) is 6.61 Å². The van der Waals surface area contributed by atoms with E-state index >= 15 is 0 Å². The summed E-state index contributed by atoms with van der Waals surface area (Å²) in [4.78, 5) is 0. The number of fused-ring (bicyclic) bond motifs is 3. The predicted octanol–water partition coefficient (Wildman–Crippen LogP) is 6.83. The van der Waals surface area contributed by atoms with E-state index in [2.05, 4.69) is 30.4 Å². The predicted molar refractivity (Wildman–Crippen MR) is 127 cm³/mol. The van der Waals surface area contributed by atoms with Gasteiger partial charge in [-0.3, -0.25) is 0 Å². The molecule has 0 saturated carbocycles. The van der Waals surface area contributed by atoms with Gasteiger partial charge in [-0.05, 0) is 64.5 Å². The van der Waals surface area contributed by atoms with Crippen LogP contribution in [-0.2, 0) is 6.42 Å². The van der Waals surface area contributed by atoms with Crippen LogP contribution >= 0.6 is 23.2 Å². The largest absolute Gasteiger partial charge is 0.505 e. The molecule has 4 aromatic carbocycles. The Labute approximate surface area is 186 Å². The lowest BCUT2D eigenvalue weighted by Gasteiger charge is -2.19. The summed E-state index contributed by atoms with van der Waals surface area (Å²) in [7, 11) is 1.89. The zero-order chi connectivity index (χ0) is 21.3. The number of hydrogen-bond acceptors (Lipinski definition) is 3. The van der Waals surface area contributed by atoms with Crippen molar-refractivity contribution < 1.29 is 9.84 Å². The van der Waals surface area contributed by atoms with Crippen LogP contribution in [0.25, 0.3) is 32.7 Å². The number of halogens is 2. The van der Waals surface area contributed by atoms with Gasteiger partial charge in [-0.25, -0.2) is 0 Å². The molecule has 0 aliphatic heterocycles. The van der Waals surface area contributed by atoms with Crippen molar-refractivity contribution in [1.29, 1.82) is 0 Å². The molecule has 154 valence electrons. The van der Waals surface area contributed by atoms with Crippen molar-refractivity contribution >= 4 is 44.7 Å². The SMILES string of the molecule is CCc1c(-c2ccccc2)c2ccc(OCCNC)cc2c2c(Cl)c(O)c(Cl)cc12. The van der Waals surface area contributed by atoms with Crippen LogP contribution < -0.4 is 10.1 Å². The van der Waals surface area contributed by atoms with Crippen molar-refractivity contribution in [2.24, 2.45) is 0 Å². The number of rotatable bonds is 6. The molecule has 5 heteroatoms. The van der Waals surface area contributed by atoms with E-state index < -0.39 is 0 Å². The van der Waals surface area contributed by atoms with Gasteiger partial charge >= 0.3 is 0 Å². The molecule has 0 fully saturated rings. The Morgan fingerprint density at radius 3 is 2.43 bits per heavy atom. The molecule has 0 aliphatic rings. The molecule has 0 atom stereocenters. The minimum absolute atomic E-state index is 0.0943. The normalized spacial score (nSPS) is 11.3. The molecule has 4 rings (SSSR count). The van der Waals surface area contributed by atoms with E-state index in [1.807, 2.05) is 43.4 Å². The van der Waals surface area contributed by atoms with Crippen molar-refractivity contribution in [2.75, 3.05) is 20.2 Å². The third-order valence-electron chi connectivity index (χ3n) is 5.39. The monoisotopic (exact) mass is 439 g/mol. The van der Waals surface area contributed by atoms with E-state index in [1.54, 1.807) is 0 Å². The van der Waals surface area contributed by atoms with Crippen LogP contribution in [0.1, 0.15) is 12.5 Å². The van der Waals surface area contributed by atoms with Gasteiger partial charge in [0.1, 0.15) is 12.4 Å². The number of aromatic hydroxyl groups is 1. The summed E-state index contributed by atoms with van der Waals surface area (Å²) < 4.78 is 5.91. The molecule has 2 N–H and O–H groups in total. The van der Waals surface area contributed by atoms with Crippen molar-refractivity contribution in [2.45, 2.75) is 13.3 Å². The number of ether oxygens (including phenoxy) is 1. The van der Waals surface area contributed by atoms with Gasteiger partial charge in [-0.15, -0.1) is 0 Å². The van der Waals surface area contributed by atoms with Gasteiger partial charge in [0, 0.05) is 11.9 Å². The zero-order valence-electron chi connectivity index (χ0n) is 16.9. The van der Waals surface area contributed by atoms with Crippen LogP contribution in [0.15, 0.2) is 54.6 Å². The summed E-state index contributed by atoms with van der Waals surface area (Å²) in [5.41, 5.74) is 3.43. The molecule has 0 saturated heterocycles.